The second-order valence-corrected chi connectivity index (χ2v) is 3.51. The molecule has 76 valence electrons. The Morgan fingerprint density at radius 2 is 1.93 bits per heavy atom. The molecule has 0 fully saturated rings. The Labute approximate surface area is 90.4 Å². The Balaban J connectivity index is 2.47. The van der Waals surface area contributed by atoms with E-state index in [9.17, 15) is 14.4 Å². The number of para-hydroxylation sites is 1. The molecule has 0 N–H and O–H groups in total. The summed E-state index contributed by atoms with van der Waals surface area (Å²) in [6, 6.07) is 6.51. The van der Waals surface area contributed by atoms with Crippen LogP contribution in [0.25, 0.3) is 0 Å². The minimum absolute atomic E-state index is 0.275. The van der Waals surface area contributed by atoms with Crippen molar-refractivity contribution in [3.63, 3.8) is 0 Å². The number of carbonyl (C=O) groups excluding carboxylic acids is 3. The maximum absolute atomic E-state index is 11.5. The van der Waals surface area contributed by atoms with Gasteiger partial charge in [-0.05, 0) is 23.7 Å². The molecule has 0 aliphatic carbocycles. The highest BCUT2D eigenvalue weighted by molar-refractivity contribution is 6.65. The summed E-state index contributed by atoms with van der Waals surface area (Å²) in [6.45, 7) is -0.275. The van der Waals surface area contributed by atoms with Crippen LogP contribution < -0.4 is 4.90 Å². The summed E-state index contributed by atoms with van der Waals surface area (Å²) >= 11 is 5.19. The van der Waals surface area contributed by atoms with Gasteiger partial charge in [0.1, 0.15) is 6.54 Å². The standard InChI is InChI=1S/C10H6ClNO3/c11-8(13)5-12-7-4-2-1-3-6(7)9(14)10(12)15/h1-4H,5H2. The minimum atomic E-state index is -0.704. The van der Waals surface area contributed by atoms with Crippen LogP contribution in [0, 0.1) is 0 Å². The van der Waals surface area contributed by atoms with Gasteiger partial charge in [0.15, 0.2) is 0 Å². The molecule has 0 spiro atoms. The number of fused-ring (bicyclic) bond motifs is 1. The van der Waals surface area contributed by atoms with E-state index in [-0.39, 0.29) is 6.54 Å². The highest BCUT2D eigenvalue weighted by Crippen LogP contribution is 2.28. The van der Waals surface area contributed by atoms with Crippen molar-refractivity contribution in [2.45, 2.75) is 0 Å². The predicted molar refractivity (Wildman–Crippen MR) is 54.0 cm³/mol. The molecule has 1 amide bonds. The van der Waals surface area contributed by atoms with E-state index in [0.29, 0.717) is 11.3 Å². The largest absolute Gasteiger partial charge is 0.299 e. The van der Waals surface area contributed by atoms with Gasteiger partial charge in [0.05, 0.1) is 11.3 Å². The van der Waals surface area contributed by atoms with Crippen molar-refractivity contribution in [2.75, 3.05) is 11.4 Å². The number of nitrogens with zero attached hydrogens (tertiary/aromatic N) is 1. The van der Waals surface area contributed by atoms with E-state index in [1.165, 1.54) is 0 Å². The van der Waals surface area contributed by atoms with Gasteiger partial charge in [-0.15, -0.1) is 0 Å². The molecule has 15 heavy (non-hydrogen) atoms. The number of hydrogen-bond donors (Lipinski definition) is 0. The molecular formula is C10H6ClNO3. The average Bonchev–Trinajstić information content (AvgIpc) is 2.44. The molecule has 4 nitrogen and oxygen atoms in total. The first-order valence-electron chi connectivity index (χ1n) is 4.25. The SMILES string of the molecule is O=C(Cl)CN1C(=O)C(=O)c2ccccc21. The molecule has 0 saturated heterocycles. The number of benzene rings is 1. The van der Waals surface area contributed by atoms with Crippen molar-refractivity contribution in [3.05, 3.63) is 29.8 Å². The Hall–Kier alpha value is -1.68. The summed E-state index contributed by atoms with van der Waals surface area (Å²) in [5.74, 6) is -1.30. The third kappa shape index (κ3) is 1.53. The van der Waals surface area contributed by atoms with Crippen molar-refractivity contribution in [2.24, 2.45) is 0 Å². The van der Waals surface area contributed by atoms with Crippen LogP contribution in [-0.2, 0) is 9.59 Å². The number of halogens is 1. The lowest BCUT2D eigenvalue weighted by Crippen LogP contribution is -2.33. The fourth-order valence-electron chi connectivity index (χ4n) is 1.53. The summed E-state index contributed by atoms with van der Waals surface area (Å²) in [6.07, 6.45) is 0. The van der Waals surface area contributed by atoms with Crippen LogP contribution in [0.5, 0.6) is 0 Å². The van der Waals surface area contributed by atoms with E-state index in [1.54, 1.807) is 24.3 Å². The first kappa shape index (κ1) is 9.86. The quantitative estimate of drug-likeness (QED) is 0.555. The molecule has 0 saturated carbocycles. The van der Waals surface area contributed by atoms with Crippen LogP contribution in [-0.4, -0.2) is 23.5 Å². The summed E-state index contributed by atoms with van der Waals surface area (Å²) < 4.78 is 0. The van der Waals surface area contributed by atoms with Crippen molar-refractivity contribution < 1.29 is 14.4 Å². The van der Waals surface area contributed by atoms with Gasteiger partial charge in [-0.3, -0.25) is 19.3 Å². The molecule has 1 aliphatic rings. The summed E-state index contributed by atoms with van der Waals surface area (Å²) in [5.41, 5.74) is 0.766. The highest BCUT2D eigenvalue weighted by atomic mass is 35.5. The van der Waals surface area contributed by atoms with E-state index in [2.05, 4.69) is 0 Å². The summed E-state index contributed by atoms with van der Waals surface area (Å²) in [7, 11) is 0. The van der Waals surface area contributed by atoms with Crippen LogP contribution in [0.3, 0.4) is 0 Å². The predicted octanol–water partition coefficient (Wildman–Crippen LogP) is 0.981. The number of amides is 1. The second kappa shape index (κ2) is 3.47. The van der Waals surface area contributed by atoms with Crippen molar-refractivity contribution in [1.82, 2.24) is 0 Å². The van der Waals surface area contributed by atoms with E-state index >= 15 is 0 Å². The lowest BCUT2D eigenvalue weighted by Gasteiger charge is -2.12. The molecule has 1 aromatic carbocycles. The van der Waals surface area contributed by atoms with Crippen molar-refractivity contribution in [3.8, 4) is 0 Å². The Morgan fingerprint density at radius 3 is 2.60 bits per heavy atom. The molecule has 0 atom stereocenters. The molecule has 0 unspecified atom stereocenters. The van der Waals surface area contributed by atoms with Gasteiger partial charge in [-0.2, -0.15) is 0 Å². The molecule has 1 aliphatic heterocycles. The van der Waals surface area contributed by atoms with Crippen LogP contribution in [0.1, 0.15) is 10.4 Å². The molecular weight excluding hydrogens is 218 g/mol. The number of rotatable bonds is 2. The van der Waals surface area contributed by atoms with E-state index in [0.717, 1.165) is 4.90 Å². The Morgan fingerprint density at radius 1 is 1.27 bits per heavy atom. The minimum Gasteiger partial charge on any atom is -0.296 e. The molecule has 1 aromatic rings. The van der Waals surface area contributed by atoms with Crippen LogP contribution in [0.15, 0.2) is 24.3 Å². The lowest BCUT2D eigenvalue weighted by atomic mass is 10.1. The zero-order valence-corrected chi connectivity index (χ0v) is 8.32. The van der Waals surface area contributed by atoms with Gasteiger partial charge in [-0.25, -0.2) is 0 Å². The molecule has 1 heterocycles. The van der Waals surface area contributed by atoms with Crippen LogP contribution in [0.4, 0.5) is 5.69 Å². The number of carbonyl (C=O) groups is 3. The van der Waals surface area contributed by atoms with Gasteiger partial charge in [0.2, 0.25) is 5.24 Å². The van der Waals surface area contributed by atoms with Gasteiger partial charge in [0.25, 0.3) is 11.7 Å². The number of anilines is 1. The number of ketones is 1. The van der Waals surface area contributed by atoms with Crippen LogP contribution >= 0.6 is 11.6 Å². The van der Waals surface area contributed by atoms with Gasteiger partial charge < -0.3 is 0 Å². The summed E-state index contributed by atoms with van der Waals surface area (Å²) in [5, 5.41) is -0.673. The third-order valence-electron chi connectivity index (χ3n) is 2.16. The first-order valence-corrected chi connectivity index (χ1v) is 4.62. The molecule has 0 aromatic heterocycles. The van der Waals surface area contributed by atoms with E-state index in [1.807, 2.05) is 0 Å². The van der Waals surface area contributed by atoms with Crippen molar-refractivity contribution in [1.29, 1.82) is 0 Å². The zero-order valence-electron chi connectivity index (χ0n) is 7.57. The van der Waals surface area contributed by atoms with Gasteiger partial charge >= 0.3 is 0 Å². The van der Waals surface area contributed by atoms with Crippen molar-refractivity contribution >= 4 is 34.2 Å². The molecule has 0 bridgehead atoms. The maximum atomic E-state index is 11.5. The third-order valence-corrected chi connectivity index (χ3v) is 2.28. The van der Waals surface area contributed by atoms with E-state index < -0.39 is 16.9 Å². The van der Waals surface area contributed by atoms with Crippen LogP contribution in [0.2, 0.25) is 0 Å². The van der Waals surface area contributed by atoms with Gasteiger partial charge in [0, 0.05) is 0 Å². The Kier molecular flexibility index (Phi) is 2.28. The smallest absolute Gasteiger partial charge is 0.296 e. The van der Waals surface area contributed by atoms with E-state index in [4.69, 9.17) is 11.6 Å². The normalized spacial score (nSPS) is 14.3. The zero-order chi connectivity index (χ0) is 11.0. The molecule has 5 heteroatoms. The number of hydrogen-bond acceptors (Lipinski definition) is 3. The maximum Gasteiger partial charge on any atom is 0.299 e. The first-order chi connectivity index (χ1) is 7.11. The highest BCUT2D eigenvalue weighted by Gasteiger charge is 2.35. The monoisotopic (exact) mass is 223 g/mol. The molecule has 0 radical (unpaired) electrons. The molecule has 2 rings (SSSR count). The Bertz CT molecular complexity index is 469. The fraction of sp³-hybridized carbons (Fsp3) is 0.100. The topological polar surface area (TPSA) is 54.5 Å². The second-order valence-electron chi connectivity index (χ2n) is 3.09. The number of Topliss-reactive ketones (excluding diaryl/α,β-unsaturated/α-hetero) is 1. The van der Waals surface area contributed by atoms with Gasteiger partial charge in [-0.1, -0.05) is 12.1 Å². The average molecular weight is 224 g/mol. The fourth-order valence-corrected chi connectivity index (χ4v) is 1.65. The summed E-state index contributed by atoms with van der Waals surface area (Å²) in [4.78, 5) is 34.7. The lowest BCUT2D eigenvalue weighted by molar-refractivity contribution is -0.116.